The van der Waals surface area contributed by atoms with Crippen LogP contribution in [0.25, 0.3) is 0 Å². The number of carboxylic acid groups (broad SMARTS) is 1. The van der Waals surface area contributed by atoms with E-state index in [1.54, 1.807) is 14.2 Å². The minimum absolute atomic E-state index is 0.0481. The third-order valence-corrected chi connectivity index (χ3v) is 4.04. The molecule has 0 aromatic rings. The second kappa shape index (κ2) is 7.72. The normalized spacial score (nSPS) is 11.4. The molecule has 0 aliphatic carbocycles. The second-order valence-electron chi connectivity index (χ2n) is 3.06. The summed E-state index contributed by atoms with van der Waals surface area (Å²) in [5, 5.41) is 8.55. The lowest BCUT2D eigenvalue weighted by molar-refractivity contribution is -0.132. The zero-order valence-electron chi connectivity index (χ0n) is 8.78. The van der Waals surface area contributed by atoms with E-state index in [-0.39, 0.29) is 11.5 Å². The number of carbonyl (C=O) groups is 1. The highest BCUT2D eigenvalue weighted by atomic mass is 28.2. The molecule has 0 aromatic carbocycles. The van der Waals surface area contributed by atoms with E-state index in [0.717, 1.165) is 12.5 Å². The standard InChI is InChI=1S/C9H18O4Si/c1-7(8(10)11)5-4-6-14-9(12-2)13-3/h9H,1,4-6,14H2,2-3H3,(H,10,11). The Morgan fingerprint density at radius 3 is 2.50 bits per heavy atom. The summed E-state index contributed by atoms with van der Waals surface area (Å²) in [4.78, 5) is 10.4. The first-order valence-corrected chi connectivity index (χ1v) is 6.40. The van der Waals surface area contributed by atoms with Crippen molar-refractivity contribution >= 4 is 15.5 Å². The summed E-state index contributed by atoms with van der Waals surface area (Å²) < 4.78 is 10.1. The van der Waals surface area contributed by atoms with Gasteiger partial charge in [-0.25, -0.2) is 4.79 Å². The molecule has 5 heteroatoms. The summed E-state index contributed by atoms with van der Waals surface area (Å²) >= 11 is 0. The van der Waals surface area contributed by atoms with Gasteiger partial charge >= 0.3 is 5.97 Å². The predicted octanol–water partition coefficient (Wildman–Crippen LogP) is 0.571. The van der Waals surface area contributed by atoms with Crippen LogP contribution in [0.15, 0.2) is 12.2 Å². The molecule has 0 fully saturated rings. The van der Waals surface area contributed by atoms with Gasteiger partial charge in [-0.3, -0.25) is 0 Å². The Morgan fingerprint density at radius 1 is 1.50 bits per heavy atom. The van der Waals surface area contributed by atoms with Gasteiger partial charge in [0.1, 0.15) is 5.91 Å². The molecule has 0 atom stereocenters. The highest BCUT2D eigenvalue weighted by molar-refractivity contribution is 6.36. The summed E-state index contributed by atoms with van der Waals surface area (Å²) in [7, 11) is 2.82. The fourth-order valence-corrected chi connectivity index (χ4v) is 2.43. The highest BCUT2D eigenvalue weighted by Crippen LogP contribution is 2.06. The van der Waals surface area contributed by atoms with Gasteiger partial charge in [-0.05, 0) is 6.42 Å². The first-order chi connectivity index (χ1) is 6.61. The summed E-state index contributed by atoms with van der Waals surface area (Å²) in [6.45, 7) is 3.46. The third kappa shape index (κ3) is 5.90. The molecule has 1 N–H and O–H groups in total. The van der Waals surface area contributed by atoms with E-state index in [2.05, 4.69) is 6.58 Å². The van der Waals surface area contributed by atoms with Gasteiger partial charge in [-0.2, -0.15) is 0 Å². The molecular formula is C9H18O4Si. The van der Waals surface area contributed by atoms with Crippen LogP contribution in [-0.2, 0) is 14.3 Å². The van der Waals surface area contributed by atoms with Crippen LogP contribution in [0.3, 0.4) is 0 Å². The average molecular weight is 218 g/mol. The fraction of sp³-hybridized carbons (Fsp3) is 0.667. The van der Waals surface area contributed by atoms with Crippen LogP contribution in [0.1, 0.15) is 12.8 Å². The van der Waals surface area contributed by atoms with Gasteiger partial charge in [0.25, 0.3) is 0 Å². The minimum Gasteiger partial charge on any atom is -0.478 e. The fourth-order valence-electron chi connectivity index (χ4n) is 1.09. The van der Waals surface area contributed by atoms with Crippen LogP contribution in [0.5, 0.6) is 0 Å². The molecule has 0 saturated carbocycles. The second-order valence-corrected chi connectivity index (χ2v) is 5.01. The number of aliphatic carboxylic acids is 1. The number of methoxy groups -OCH3 is 2. The molecule has 4 nitrogen and oxygen atoms in total. The Labute approximate surface area is 86.7 Å². The Balaban J connectivity index is 3.46. The van der Waals surface area contributed by atoms with E-state index in [9.17, 15) is 4.79 Å². The zero-order valence-corrected chi connectivity index (χ0v) is 10.2. The van der Waals surface area contributed by atoms with E-state index in [4.69, 9.17) is 14.6 Å². The number of rotatable bonds is 8. The SMILES string of the molecule is C=C(CCC[SiH2]C(OC)OC)C(=O)O. The van der Waals surface area contributed by atoms with E-state index in [1.807, 2.05) is 0 Å². The third-order valence-electron chi connectivity index (χ3n) is 2.00. The molecule has 0 saturated heterocycles. The summed E-state index contributed by atoms with van der Waals surface area (Å²) in [5.41, 5.74) is 0.283. The quantitative estimate of drug-likeness (QED) is 0.280. The molecule has 0 aliphatic rings. The lowest BCUT2D eigenvalue weighted by Crippen LogP contribution is -2.21. The maximum atomic E-state index is 10.4. The van der Waals surface area contributed by atoms with Crippen LogP contribution in [0, 0.1) is 0 Å². The van der Waals surface area contributed by atoms with Crippen LogP contribution in [-0.4, -0.2) is 40.7 Å². The Bertz CT molecular complexity index is 189. The van der Waals surface area contributed by atoms with E-state index < -0.39 is 15.5 Å². The van der Waals surface area contributed by atoms with Gasteiger partial charge in [-0.1, -0.05) is 19.0 Å². The van der Waals surface area contributed by atoms with Crippen LogP contribution >= 0.6 is 0 Å². The monoisotopic (exact) mass is 218 g/mol. The summed E-state index contributed by atoms with van der Waals surface area (Å²) in [6, 6.07) is 1.01. The van der Waals surface area contributed by atoms with Gasteiger partial charge in [0.05, 0.1) is 9.52 Å². The minimum atomic E-state index is -0.901. The van der Waals surface area contributed by atoms with Crippen molar-refractivity contribution in [2.75, 3.05) is 14.2 Å². The molecular weight excluding hydrogens is 200 g/mol. The van der Waals surface area contributed by atoms with E-state index in [1.165, 1.54) is 0 Å². The molecule has 0 unspecified atom stereocenters. The lowest BCUT2D eigenvalue weighted by atomic mass is 10.2. The first-order valence-electron chi connectivity index (χ1n) is 4.58. The topological polar surface area (TPSA) is 55.8 Å². The lowest BCUT2D eigenvalue weighted by Gasteiger charge is -2.11. The Kier molecular flexibility index (Phi) is 7.36. The van der Waals surface area contributed by atoms with Crippen molar-refractivity contribution in [3.05, 3.63) is 12.2 Å². The smallest absolute Gasteiger partial charge is 0.330 e. The van der Waals surface area contributed by atoms with Crippen molar-refractivity contribution in [3.8, 4) is 0 Å². The van der Waals surface area contributed by atoms with Crippen molar-refractivity contribution in [2.24, 2.45) is 0 Å². The highest BCUT2D eigenvalue weighted by Gasteiger charge is 2.07. The van der Waals surface area contributed by atoms with Crippen molar-refractivity contribution in [2.45, 2.75) is 24.8 Å². The molecule has 82 valence electrons. The van der Waals surface area contributed by atoms with Crippen LogP contribution in [0.4, 0.5) is 0 Å². The van der Waals surface area contributed by atoms with Gasteiger partial charge in [0.15, 0.2) is 0 Å². The van der Waals surface area contributed by atoms with Gasteiger partial charge in [0.2, 0.25) is 0 Å². The number of hydrogen-bond acceptors (Lipinski definition) is 3. The van der Waals surface area contributed by atoms with Gasteiger partial charge in [0, 0.05) is 19.8 Å². The number of hydrogen-bond donors (Lipinski definition) is 1. The van der Waals surface area contributed by atoms with Gasteiger partial charge in [-0.15, -0.1) is 0 Å². The Hall–Kier alpha value is -0.653. The maximum Gasteiger partial charge on any atom is 0.330 e. The predicted molar refractivity (Wildman–Crippen MR) is 57.2 cm³/mol. The van der Waals surface area contributed by atoms with Crippen molar-refractivity contribution in [3.63, 3.8) is 0 Å². The van der Waals surface area contributed by atoms with Crippen molar-refractivity contribution in [1.29, 1.82) is 0 Å². The molecule has 0 bridgehead atoms. The molecule has 0 aliphatic heterocycles. The molecule has 0 radical (unpaired) electrons. The summed E-state index contributed by atoms with van der Waals surface area (Å²) in [6.07, 6.45) is 1.42. The molecule has 0 rings (SSSR count). The van der Waals surface area contributed by atoms with E-state index >= 15 is 0 Å². The van der Waals surface area contributed by atoms with Crippen LogP contribution in [0.2, 0.25) is 6.04 Å². The zero-order chi connectivity index (χ0) is 11.0. The Morgan fingerprint density at radius 2 is 2.07 bits per heavy atom. The van der Waals surface area contributed by atoms with Gasteiger partial charge < -0.3 is 14.6 Å². The number of ether oxygens (including phenoxy) is 2. The molecule has 0 aromatic heterocycles. The molecule has 14 heavy (non-hydrogen) atoms. The maximum absolute atomic E-state index is 10.4. The largest absolute Gasteiger partial charge is 0.478 e. The number of carboxylic acids is 1. The van der Waals surface area contributed by atoms with Crippen molar-refractivity contribution < 1.29 is 19.4 Å². The molecule has 0 spiro atoms. The average Bonchev–Trinajstić information content (AvgIpc) is 2.17. The summed E-state index contributed by atoms with van der Waals surface area (Å²) in [5.74, 6) is -0.949. The first kappa shape index (κ1) is 13.3. The molecule has 0 amide bonds. The van der Waals surface area contributed by atoms with Crippen molar-refractivity contribution in [1.82, 2.24) is 0 Å². The molecule has 0 heterocycles. The van der Waals surface area contributed by atoms with Crippen LogP contribution < -0.4 is 0 Å². The van der Waals surface area contributed by atoms with E-state index in [0.29, 0.717) is 6.42 Å².